The van der Waals surface area contributed by atoms with E-state index in [-0.39, 0.29) is 5.75 Å². The van der Waals surface area contributed by atoms with E-state index in [1.54, 1.807) is 43.3 Å². The zero-order valence-electron chi connectivity index (χ0n) is 14.0. The topological polar surface area (TPSA) is 80.5 Å². The van der Waals surface area contributed by atoms with E-state index in [2.05, 4.69) is 0 Å². The molecule has 1 aliphatic heterocycles. The zero-order chi connectivity index (χ0) is 19.1. The average Bonchev–Trinajstić information content (AvgIpc) is 2.56. The monoisotopic (exact) mass is 412 g/mol. The van der Waals surface area contributed by atoms with Gasteiger partial charge >= 0.3 is 0 Å². The number of nitrogens with zero attached hydrogens (tertiary/aromatic N) is 1. The predicted octanol–water partition coefficient (Wildman–Crippen LogP) is 3.69. The van der Waals surface area contributed by atoms with Crippen LogP contribution in [0.1, 0.15) is 30.4 Å². The Labute approximate surface area is 162 Å². The Morgan fingerprint density at radius 2 is 1.92 bits per heavy atom. The molecule has 2 aromatic carbocycles. The van der Waals surface area contributed by atoms with Gasteiger partial charge in [0.25, 0.3) is 0 Å². The van der Waals surface area contributed by atoms with E-state index < -0.39 is 27.9 Å². The number of para-hydroxylation sites is 1. The number of sulfonamides is 1. The molecule has 138 valence electrons. The molecule has 5 nitrogen and oxygen atoms in total. The SMILES string of the molecule is C[C@@H]1C[C@H](C(N)=O)c2ccccc2N1S(=O)(=O)Cc1ccc(Cl)cc1Cl. The fraction of sp³-hybridized carbons (Fsp3) is 0.278. The number of nitrogens with two attached hydrogens (primary N) is 1. The first-order valence-corrected chi connectivity index (χ1v) is 10.4. The molecule has 8 heteroatoms. The number of hydrogen-bond donors (Lipinski definition) is 1. The van der Waals surface area contributed by atoms with Gasteiger partial charge < -0.3 is 5.73 Å². The molecule has 0 saturated carbocycles. The van der Waals surface area contributed by atoms with E-state index in [0.717, 1.165) is 0 Å². The van der Waals surface area contributed by atoms with Gasteiger partial charge in [-0.05, 0) is 42.7 Å². The molecule has 0 aliphatic carbocycles. The van der Waals surface area contributed by atoms with E-state index in [9.17, 15) is 13.2 Å². The van der Waals surface area contributed by atoms with Crippen LogP contribution in [0.4, 0.5) is 5.69 Å². The van der Waals surface area contributed by atoms with Crippen molar-refractivity contribution in [3.8, 4) is 0 Å². The lowest BCUT2D eigenvalue weighted by Crippen LogP contribution is -2.45. The maximum atomic E-state index is 13.2. The van der Waals surface area contributed by atoms with Crippen LogP contribution in [-0.4, -0.2) is 20.4 Å². The fourth-order valence-corrected chi connectivity index (χ4v) is 5.82. The molecule has 2 N–H and O–H groups in total. The quantitative estimate of drug-likeness (QED) is 0.830. The van der Waals surface area contributed by atoms with Gasteiger partial charge in [0.2, 0.25) is 15.9 Å². The van der Waals surface area contributed by atoms with Gasteiger partial charge in [-0.3, -0.25) is 9.10 Å². The van der Waals surface area contributed by atoms with E-state index in [4.69, 9.17) is 28.9 Å². The third-order valence-electron chi connectivity index (χ3n) is 4.52. The molecule has 0 spiro atoms. The minimum absolute atomic E-state index is 0.261. The number of primary amides is 1. The Morgan fingerprint density at radius 1 is 1.23 bits per heavy atom. The van der Waals surface area contributed by atoms with Crippen LogP contribution in [-0.2, 0) is 20.6 Å². The lowest BCUT2D eigenvalue weighted by molar-refractivity contribution is -0.119. The van der Waals surface area contributed by atoms with Gasteiger partial charge in [-0.25, -0.2) is 8.42 Å². The molecule has 0 saturated heterocycles. The highest BCUT2D eigenvalue weighted by Gasteiger charge is 2.38. The van der Waals surface area contributed by atoms with Crippen LogP contribution < -0.4 is 10.0 Å². The Kier molecular flexibility index (Phi) is 5.19. The molecule has 0 bridgehead atoms. The Balaban J connectivity index is 2.03. The number of hydrogen-bond acceptors (Lipinski definition) is 3. The molecule has 0 aromatic heterocycles. The summed E-state index contributed by atoms with van der Waals surface area (Å²) in [5.74, 6) is -1.23. The number of fused-ring (bicyclic) bond motifs is 1. The van der Waals surface area contributed by atoms with Crippen molar-refractivity contribution in [2.24, 2.45) is 5.73 Å². The van der Waals surface area contributed by atoms with Crippen LogP contribution in [0.25, 0.3) is 0 Å². The Hall–Kier alpha value is -1.76. The van der Waals surface area contributed by atoms with Crippen LogP contribution >= 0.6 is 23.2 Å². The fourth-order valence-electron chi connectivity index (χ4n) is 3.38. The highest BCUT2D eigenvalue weighted by molar-refractivity contribution is 7.92. The summed E-state index contributed by atoms with van der Waals surface area (Å²) in [5.41, 5.74) is 7.10. The summed E-state index contributed by atoms with van der Waals surface area (Å²) in [6.45, 7) is 1.77. The lowest BCUT2D eigenvalue weighted by atomic mass is 9.87. The molecular weight excluding hydrogens is 395 g/mol. The summed E-state index contributed by atoms with van der Waals surface area (Å²) in [7, 11) is -3.73. The summed E-state index contributed by atoms with van der Waals surface area (Å²) >= 11 is 12.0. The standard InChI is InChI=1S/C18H18Cl2N2O3S/c1-11-8-15(18(21)23)14-4-2-3-5-17(14)22(11)26(24,25)10-12-6-7-13(19)9-16(12)20/h2-7,9,11,15H,8,10H2,1H3,(H2,21,23)/t11-,15+/m1/s1. The van der Waals surface area contributed by atoms with Crippen molar-refractivity contribution in [2.45, 2.75) is 31.1 Å². The first kappa shape index (κ1) is 19.0. The van der Waals surface area contributed by atoms with Gasteiger partial charge in [0.15, 0.2) is 0 Å². The third-order valence-corrected chi connectivity index (χ3v) is 6.94. The van der Waals surface area contributed by atoms with E-state index in [0.29, 0.717) is 33.3 Å². The van der Waals surface area contributed by atoms with Crippen molar-refractivity contribution in [3.05, 3.63) is 63.6 Å². The molecule has 1 amide bonds. The summed E-state index contributed by atoms with van der Waals surface area (Å²) in [5, 5.41) is 0.742. The summed E-state index contributed by atoms with van der Waals surface area (Å²) in [4.78, 5) is 11.8. The molecule has 2 atom stereocenters. The number of rotatable bonds is 4. The number of benzene rings is 2. The van der Waals surface area contributed by atoms with Gasteiger partial charge in [0, 0.05) is 16.1 Å². The van der Waals surface area contributed by atoms with Gasteiger partial charge in [0.05, 0.1) is 17.4 Å². The number of carbonyl (C=O) groups is 1. The Bertz CT molecular complexity index is 963. The number of carbonyl (C=O) groups excluding carboxylic acids is 1. The predicted molar refractivity (Wildman–Crippen MR) is 104 cm³/mol. The largest absolute Gasteiger partial charge is 0.369 e. The van der Waals surface area contributed by atoms with E-state index in [1.807, 2.05) is 0 Å². The van der Waals surface area contributed by atoms with Crippen LogP contribution in [0.5, 0.6) is 0 Å². The molecule has 1 aliphatic rings. The molecule has 3 rings (SSSR count). The number of halogens is 2. The highest BCUT2D eigenvalue weighted by Crippen LogP contribution is 2.40. The molecule has 1 heterocycles. The van der Waals surface area contributed by atoms with Crippen molar-refractivity contribution in [3.63, 3.8) is 0 Å². The maximum absolute atomic E-state index is 13.2. The lowest BCUT2D eigenvalue weighted by Gasteiger charge is -2.39. The van der Waals surface area contributed by atoms with Gasteiger partial charge in [-0.2, -0.15) is 0 Å². The van der Waals surface area contributed by atoms with E-state index in [1.165, 1.54) is 10.4 Å². The molecule has 2 aromatic rings. The van der Waals surface area contributed by atoms with Crippen molar-refractivity contribution in [1.29, 1.82) is 0 Å². The normalized spacial score (nSPS) is 19.9. The maximum Gasteiger partial charge on any atom is 0.239 e. The second kappa shape index (κ2) is 7.10. The van der Waals surface area contributed by atoms with Crippen molar-refractivity contribution in [2.75, 3.05) is 4.31 Å². The molecule has 0 fully saturated rings. The third kappa shape index (κ3) is 3.54. The van der Waals surface area contributed by atoms with Crippen LogP contribution in [0.15, 0.2) is 42.5 Å². The molecule has 0 radical (unpaired) electrons. The highest BCUT2D eigenvalue weighted by atomic mass is 35.5. The average molecular weight is 413 g/mol. The van der Waals surface area contributed by atoms with Crippen molar-refractivity contribution in [1.82, 2.24) is 0 Å². The first-order chi connectivity index (χ1) is 12.2. The zero-order valence-corrected chi connectivity index (χ0v) is 16.4. The summed E-state index contributed by atoms with van der Waals surface area (Å²) < 4.78 is 27.7. The van der Waals surface area contributed by atoms with Crippen LogP contribution in [0.2, 0.25) is 10.0 Å². The second-order valence-electron chi connectivity index (χ2n) is 6.39. The van der Waals surface area contributed by atoms with Crippen molar-refractivity contribution < 1.29 is 13.2 Å². The molecular formula is C18H18Cl2N2O3S. The smallest absolute Gasteiger partial charge is 0.239 e. The minimum atomic E-state index is -3.73. The summed E-state index contributed by atoms with van der Waals surface area (Å²) in [6.07, 6.45) is 0.333. The summed E-state index contributed by atoms with van der Waals surface area (Å²) in [6, 6.07) is 11.3. The van der Waals surface area contributed by atoms with Gasteiger partial charge in [-0.1, -0.05) is 47.5 Å². The molecule has 26 heavy (non-hydrogen) atoms. The van der Waals surface area contributed by atoms with Crippen molar-refractivity contribution >= 4 is 44.8 Å². The van der Waals surface area contributed by atoms with Crippen LogP contribution in [0.3, 0.4) is 0 Å². The minimum Gasteiger partial charge on any atom is -0.369 e. The van der Waals surface area contributed by atoms with Gasteiger partial charge in [-0.15, -0.1) is 0 Å². The first-order valence-electron chi connectivity index (χ1n) is 8.05. The van der Waals surface area contributed by atoms with Gasteiger partial charge in [0.1, 0.15) is 0 Å². The van der Waals surface area contributed by atoms with Crippen LogP contribution in [0, 0.1) is 0 Å². The second-order valence-corrected chi connectivity index (χ2v) is 9.08. The molecule has 0 unspecified atom stereocenters. The number of amides is 1. The Morgan fingerprint density at radius 3 is 2.58 bits per heavy atom. The number of anilines is 1. The van der Waals surface area contributed by atoms with E-state index >= 15 is 0 Å².